The highest BCUT2D eigenvalue weighted by molar-refractivity contribution is 7.12. The Morgan fingerprint density at radius 3 is 2.47 bits per heavy atom. The van der Waals surface area contributed by atoms with Crippen molar-refractivity contribution < 1.29 is 9.53 Å². The van der Waals surface area contributed by atoms with Crippen LogP contribution in [0.5, 0.6) is 5.75 Å². The maximum atomic E-state index is 14.2. The van der Waals surface area contributed by atoms with Crippen LogP contribution < -0.4 is 19.8 Å². The molecule has 38 heavy (non-hydrogen) atoms. The zero-order chi connectivity index (χ0) is 26.6. The van der Waals surface area contributed by atoms with Crippen LogP contribution in [0.3, 0.4) is 0 Å². The summed E-state index contributed by atoms with van der Waals surface area (Å²) in [6.45, 7) is 0.438. The molecule has 5 nitrogen and oxygen atoms in total. The van der Waals surface area contributed by atoms with Gasteiger partial charge in [0.1, 0.15) is 10.6 Å². The number of fused-ring (bicyclic) bond motifs is 1. The monoisotopic (exact) mass is 545 g/mol. The van der Waals surface area contributed by atoms with E-state index in [0.717, 1.165) is 70.7 Å². The standard InChI is InChI=1S/C31H32ClN3O2S/c1-34-24-12-14-25(15-13-24)35(31(36)30-29(32)26-5-3-4-6-28(26)38-30)19-23-17-22(11-16-27(23)37-2)21-9-7-20(18-33)8-10-21/h5-11,16-17,24-25,34H,3-4,12-15,19H2,1-2H3. The second kappa shape index (κ2) is 11.7. The minimum absolute atomic E-state index is 0.00469. The summed E-state index contributed by atoms with van der Waals surface area (Å²) in [5.41, 5.74) is 3.61. The van der Waals surface area contributed by atoms with Crippen molar-refractivity contribution in [3.05, 3.63) is 73.2 Å². The minimum Gasteiger partial charge on any atom is -0.496 e. The summed E-state index contributed by atoms with van der Waals surface area (Å²) in [7, 11) is 3.68. The molecule has 0 unspecified atom stereocenters. The molecule has 1 N–H and O–H groups in total. The largest absolute Gasteiger partial charge is 0.496 e. The van der Waals surface area contributed by atoms with Gasteiger partial charge in [-0.2, -0.15) is 5.26 Å². The van der Waals surface area contributed by atoms with Gasteiger partial charge in [-0.05, 0) is 81.0 Å². The van der Waals surface area contributed by atoms with Crippen molar-refractivity contribution in [2.45, 2.75) is 57.2 Å². The molecule has 2 aliphatic rings. The molecule has 5 rings (SSSR count). The van der Waals surface area contributed by atoms with Gasteiger partial charge in [0, 0.05) is 33.9 Å². The molecule has 0 saturated heterocycles. The number of hydrogen-bond acceptors (Lipinski definition) is 5. The summed E-state index contributed by atoms with van der Waals surface area (Å²) in [5, 5.41) is 14.1. The molecule has 2 aromatic carbocycles. The number of thiophene rings is 1. The van der Waals surface area contributed by atoms with E-state index in [1.807, 2.05) is 48.3 Å². The third kappa shape index (κ3) is 5.37. The summed E-state index contributed by atoms with van der Waals surface area (Å²) in [6, 6.07) is 16.4. The molecule has 1 amide bonds. The molecule has 1 aromatic heterocycles. The molecule has 1 fully saturated rings. The van der Waals surface area contributed by atoms with Crippen LogP contribution in [0, 0.1) is 11.3 Å². The van der Waals surface area contributed by atoms with Gasteiger partial charge in [-0.25, -0.2) is 0 Å². The number of hydrogen-bond donors (Lipinski definition) is 1. The lowest BCUT2D eigenvalue weighted by Gasteiger charge is -2.37. The van der Waals surface area contributed by atoms with Gasteiger partial charge in [-0.1, -0.05) is 42.0 Å². The zero-order valence-corrected chi connectivity index (χ0v) is 23.4. The normalized spacial score (nSPS) is 18.5. The van der Waals surface area contributed by atoms with Crippen molar-refractivity contribution in [2.24, 2.45) is 0 Å². The van der Waals surface area contributed by atoms with E-state index in [9.17, 15) is 4.79 Å². The topological polar surface area (TPSA) is 65.4 Å². The Balaban J connectivity index is 1.52. The number of amides is 1. The number of benzene rings is 2. The quantitative estimate of drug-likeness (QED) is 0.427. The number of nitriles is 1. The molecule has 0 radical (unpaired) electrons. The van der Waals surface area contributed by atoms with Crippen molar-refractivity contribution in [3.8, 4) is 22.9 Å². The molecular weight excluding hydrogens is 514 g/mol. The van der Waals surface area contributed by atoms with Crippen LogP contribution in [0.25, 0.3) is 23.3 Å². The summed E-state index contributed by atoms with van der Waals surface area (Å²) in [6.07, 6.45) is 10.2. The Morgan fingerprint density at radius 2 is 1.82 bits per heavy atom. The first-order valence-corrected chi connectivity index (χ1v) is 14.4. The van der Waals surface area contributed by atoms with Gasteiger partial charge in [0.15, 0.2) is 0 Å². The highest BCUT2D eigenvalue weighted by atomic mass is 35.5. The Morgan fingerprint density at radius 1 is 1.11 bits per heavy atom. The van der Waals surface area contributed by atoms with Crippen LogP contribution in [0.1, 0.15) is 59.3 Å². The van der Waals surface area contributed by atoms with E-state index in [1.54, 1.807) is 7.11 Å². The molecule has 0 spiro atoms. The van der Waals surface area contributed by atoms with Crippen molar-refractivity contribution in [1.82, 2.24) is 10.2 Å². The average Bonchev–Trinajstić information content (AvgIpc) is 3.32. The molecule has 1 heterocycles. The van der Waals surface area contributed by atoms with Crippen LogP contribution in [0.2, 0.25) is 5.02 Å². The van der Waals surface area contributed by atoms with Crippen LogP contribution >= 0.6 is 22.9 Å². The molecule has 196 valence electrons. The highest BCUT2D eigenvalue weighted by Crippen LogP contribution is 2.32. The van der Waals surface area contributed by atoms with E-state index >= 15 is 0 Å². The summed E-state index contributed by atoms with van der Waals surface area (Å²) in [5.74, 6) is 0.747. The van der Waals surface area contributed by atoms with Crippen molar-refractivity contribution in [3.63, 3.8) is 0 Å². The van der Waals surface area contributed by atoms with Crippen molar-refractivity contribution >= 4 is 41.0 Å². The molecule has 0 aliphatic heterocycles. The van der Waals surface area contributed by atoms with Gasteiger partial charge < -0.3 is 15.0 Å². The van der Waals surface area contributed by atoms with Crippen LogP contribution in [-0.4, -0.2) is 37.0 Å². The Kier molecular flexibility index (Phi) is 8.18. The summed E-state index contributed by atoms with van der Waals surface area (Å²) >= 11 is 8.32. The highest BCUT2D eigenvalue weighted by Gasteiger charge is 2.32. The molecule has 1 saturated carbocycles. The molecular formula is C31H32ClN3O2S. The number of carbonyl (C=O) groups excluding carboxylic acids is 1. The number of carbonyl (C=O) groups is 1. The molecule has 2 aliphatic carbocycles. The number of rotatable bonds is 7. The lowest BCUT2D eigenvalue weighted by Crippen LogP contribution is -2.44. The van der Waals surface area contributed by atoms with Gasteiger partial charge in [0.2, 0.25) is 0 Å². The first-order chi connectivity index (χ1) is 18.5. The van der Waals surface area contributed by atoms with E-state index < -0.39 is 0 Å². The van der Waals surface area contributed by atoms with E-state index in [2.05, 4.69) is 29.6 Å². The van der Waals surface area contributed by atoms with Crippen molar-refractivity contribution in [2.75, 3.05) is 14.2 Å². The summed E-state index contributed by atoms with van der Waals surface area (Å²) in [4.78, 5) is 16.9. The van der Waals surface area contributed by atoms with Gasteiger partial charge >= 0.3 is 0 Å². The first-order valence-electron chi connectivity index (χ1n) is 13.2. The Hall–Kier alpha value is -3.11. The predicted molar refractivity (Wildman–Crippen MR) is 155 cm³/mol. The molecule has 7 heteroatoms. The van der Waals surface area contributed by atoms with Crippen LogP contribution in [0.4, 0.5) is 0 Å². The number of nitrogens with one attached hydrogen (secondary N) is 1. The van der Waals surface area contributed by atoms with E-state index in [-0.39, 0.29) is 11.9 Å². The first kappa shape index (κ1) is 26.5. The second-order valence-electron chi connectivity index (χ2n) is 9.95. The summed E-state index contributed by atoms with van der Waals surface area (Å²) < 4.78 is 6.85. The number of nitrogens with zero attached hydrogens (tertiary/aromatic N) is 2. The number of methoxy groups -OCH3 is 1. The fourth-order valence-corrected chi connectivity index (χ4v) is 7.09. The van der Waals surface area contributed by atoms with E-state index in [1.165, 1.54) is 11.3 Å². The number of ether oxygens (including phenoxy) is 1. The Bertz CT molecular complexity index is 1480. The maximum absolute atomic E-state index is 14.2. The SMILES string of the molecule is CNC1CCC(N(Cc2cc(-c3ccc(C#N)cc3)ccc2OC)C(=O)c2sc3c(c2Cl)=CCCC=3)CC1. The van der Waals surface area contributed by atoms with E-state index in [4.69, 9.17) is 21.6 Å². The minimum atomic E-state index is -0.00469. The third-order valence-electron chi connectivity index (χ3n) is 7.73. The molecule has 0 bridgehead atoms. The fourth-order valence-electron chi connectivity index (χ4n) is 5.54. The van der Waals surface area contributed by atoms with Gasteiger partial charge in [0.25, 0.3) is 5.91 Å². The lowest BCUT2D eigenvalue weighted by atomic mass is 9.89. The van der Waals surface area contributed by atoms with Gasteiger partial charge in [-0.15, -0.1) is 11.3 Å². The third-order valence-corrected chi connectivity index (χ3v) is 9.42. The average molecular weight is 546 g/mol. The predicted octanol–water partition coefficient (Wildman–Crippen LogP) is 5.48. The van der Waals surface area contributed by atoms with Gasteiger partial charge in [-0.3, -0.25) is 4.79 Å². The van der Waals surface area contributed by atoms with Crippen molar-refractivity contribution in [1.29, 1.82) is 5.26 Å². The second-order valence-corrected chi connectivity index (χ2v) is 11.4. The lowest BCUT2D eigenvalue weighted by molar-refractivity contribution is 0.0604. The molecule has 3 aromatic rings. The zero-order valence-electron chi connectivity index (χ0n) is 21.8. The maximum Gasteiger partial charge on any atom is 0.266 e. The smallest absolute Gasteiger partial charge is 0.266 e. The van der Waals surface area contributed by atoms with Gasteiger partial charge in [0.05, 0.1) is 23.8 Å². The molecule has 0 atom stereocenters. The van der Waals surface area contributed by atoms with Crippen LogP contribution in [-0.2, 0) is 6.54 Å². The Labute approximate surface area is 233 Å². The number of halogens is 1. The van der Waals surface area contributed by atoms with E-state index in [0.29, 0.717) is 28.0 Å². The van der Waals surface area contributed by atoms with Crippen LogP contribution in [0.15, 0.2) is 42.5 Å². The fraction of sp³-hybridized carbons (Fsp3) is 0.355.